The second-order valence-corrected chi connectivity index (χ2v) is 13.0. The molecule has 0 spiro atoms. The first-order valence-corrected chi connectivity index (χ1v) is 16.2. The molecule has 1 atom stereocenters. The normalized spacial score (nSPS) is 16.4. The van der Waals surface area contributed by atoms with Gasteiger partial charge < -0.3 is 9.47 Å². The van der Waals surface area contributed by atoms with Gasteiger partial charge >= 0.3 is 0 Å². The van der Waals surface area contributed by atoms with Crippen molar-refractivity contribution in [3.8, 4) is 16.8 Å². The Balaban J connectivity index is 1.12. The van der Waals surface area contributed by atoms with E-state index in [1.54, 1.807) is 0 Å². The van der Waals surface area contributed by atoms with Crippen LogP contribution in [0.15, 0.2) is 163 Å². The zero-order chi connectivity index (χ0) is 30.8. The first-order chi connectivity index (χ1) is 22.6. The van der Waals surface area contributed by atoms with Gasteiger partial charge in [-0.1, -0.05) is 111 Å². The zero-order valence-electron chi connectivity index (χ0n) is 26.1. The molecule has 0 bridgehead atoms. The molecule has 3 nitrogen and oxygen atoms in total. The van der Waals surface area contributed by atoms with E-state index >= 15 is 0 Å². The second kappa shape index (κ2) is 10.3. The summed E-state index contributed by atoms with van der Waals surface area (Å²) in [6, 6.07) is 50.8. The standard InChI is InChI=1S/C43H35N3/c1-43(2)38-18-10-12-20-40(38)46-41(43)29-37-36-17-9-11-19-39(36)45(42(37)46)35-27-23-31(24-28-35)30-21-25-34(26-22-30)44(32-13-5-3-6-14-32)33-15-7-4-8-16-33/h3-19,21-29,40H,20H2,1-2H3. The quantitative estimate of drug-likeness (QED) is 0.193. The maximum Gasteiger partial charge on any atom is 0.126 e. The molecular formula is C43H35N3. The van der Waals surface area contributed by atoms with Crippen LogP contribution in [0, 0.1) is 0 Å². The van der Waals surface area contributed by atoms with Crippen LogP contribution >= 0.6 is 0 Å². The topological polar surface area (TPSA) is 13.1 Å². The van der Waals surface area contributed by atoms with Gasteiger partial charge in [-0.05, 0) is 83.8 Å². The van der Waals surface area contributed by atoms with Crippen molar-refractivity contribution in [2.75, 3.05) is 4.90 Å². The molecule has 2 aromatic heterocycles. The van der Waals surface area contributed by atoms with Gasteiger partial charge in [0.2, 0.25) is 0 Å². The number of rotatable bonds is 5. The zero-order valence-corrected chi connectivity index (χ0v) is 26.1. The van der Waals surface area contributed by atoms with Crippen molar-refractivity contribution < 1.29 is 0 Å². The lowest BCUT2D eigenvalue weighted by atomic mass is 9.79. The van der Waals surface area contributed by atoms with Gasteiger partial charge in [0.1, 0.15) is 5.65 Å². The van der Waals surface area contributed by atoms with Gasteiger partial charge in [-0.15, -0.1) is 0 Å². The maximum atomic E-state index is 2.63. The SMILES string of the molecule is CC1(C)C2=CC=CCC2n2c1cc1c3ccccc3n(-c3ccc(-c4ccc(N(c5ccccc5)c5ccccc5)cc4)cc3)c12. The van der Waals surface area contributed by atoms with E-state index in [0.717, 1.165) is 23.5 Å². The summed E-state index contributed by atoms with van der Waals surface area (Å²) in [6.45, 7) is 4.77. The summed E-state index contributed by atoms with van der Waals surface area (Å²) in [4.78, 5) is 2.30. The number of fused-ring (bicyclic) bond motifs is 7. The molecule has 2 aliphatic rings. The van der Waals surface area contributed by atoms with E-state index in [1.807, 2.05) is 0 Å². The molecule has 5 aromatic carbocycles. The Bertz CT molecular complexity index is 2240. The number of allylic oxidation sites excluding steroid dienone is 4. The van der Waals surface area contributed by atoms with Crippen molar-refractivity contribution in [2.45, 2.75) is 31.7 Å². The lowest BCUT2D eigenvalue weighted by molar-refractivity contribution is 0.589. The van der Waals surface area contributed by atoms with Crippen LogP contribution in [-0.4, -0.2) is 9.13 Å². The number of hydrogen-bond donors (Lipinski definition) is 0. The third-order valence-corrected chi connectivity index (χ3v) is 10.1. The highest BCUT2D eigenvalue weighted by Crippen LogP contribution is 2.52. The van der Waals surface area contributed by atoms with Gasteiger partial charge in [-0.2, -0.15) is 0 Å². The van der Waals surface area contributed by atoms with Crippen molar-refractivity contribution in [1.29, 1.82) is 0 Å². The van der Waals surface area contributed by atoms with Crippen LogP contribution in [-0.2, 0) is 5.41 Å². The number of para-hydroxylation sites is 3. The third kappa shape index (κ3) is 3.98. The van der Waals surface area contributed by atoms with Gasteiger partial charge in [-0.3, -0.25) is 4.57 Å². The van der Waals surface area contributed by atoms with E-state index in [-0.39, 0.29) is 5.41 Å². The molecule has 7 aromatic rings. The highest BCUT2D eigenvalue weighted by atomic mass is 15.2. The number of hydrogen-bond acceptors (Lipinski definition) is 1. The van der Waals surface area contributed by atoms with Gasteiger partial charge in [0, 0.05) is 44.6 Å². The lowest BCUT2D eigenvalue weighted by Crippen LogP contribution is -2.17. The minimum absolute atomic E-state index is 0.00695. The Labute approximate surface area is 270 Å². The number of aromatic nitrogens is 2. The van der Waals surface area contributed by atoms with Crippen LogP contribution in [0.2, 0.25) is 0 Å². The molecule has 1 unspecified atom stereocenters. The fraction of sp³-hybridized carbons (Fsp3) is 0.116. The molecule has 1 aliphatic heterocycles. The molecule has 3 heterocycles. The first-order valence-electron chi connectivity index (χ1n) is 16.2. The fourth-order valence-electron chi connectivity index (χ4n) is 7.85. The van der Waals surface area contributed by atoms with E-state index in [0.29, 0.717) is 6.04 Å². The van der Waals surface area contributed by atoms with Crippen molar-refractivity contribution in [3.63, 3.8) is 0 Å². The van der Waals surface area contributed by atoms with Crippen molar-refractivity contribution in [2.24, 2.45) is 0 Å². The molecule has 0 fully saturated rings. The first kappa shape index (κ1) is 26.8. The predicted molar refractivity (Wildman–Crippen MR) is 193 cm³/mol. The Morgan fingerprint density at radius 2 is 1.22 bits per heavy atom. The third-order valence-electron chi connectivity index (χ3n) is 10.1. The van der Waals surface area contributed by atoms with Crippen LogP contribution in [0.3, 0.4) is 0 Å². The van der Waals surface area contributed by atoms with E-state index in [9.17, 15) is 0 Å². The Hall–Kier alpha value is -5.54. The largest absolute Gasteiger partial charge is 0.322 e. The molecule has 222 valence electrons. The molecule has 0 radical (unpaired) electrons. The highest BCUT2D eigenvalue weighted by molar-refractivity contribution is 6.09. The number of anilines is 3. The number of benzene rings is 5. The molecule has 0 saturated heterocycles. The molecule has 46 heavy (non-hydrogen) atoms. The van der Waals surface area contributed by atoms with Gasteiger partial charge in [0.05, 0.1) is 11.6 Å². The van der Waals surface area contributed by atoms with Gasteiger partial charge in [-0.25, -0.2) is 0 Å². The monoisotopic (exact) mass is 593 g/mol. The predicted octanol–water partition coefficient (Wildman–Crippen LogP) is 11.4. The lowest BCUT2D eigenvalue weighted by Gasteiger charge is -2.25. The summed E-state index contributed by atoms with van der Waals surface area (Å²) in [7, 11) is 0. The van der Waals surface area contributed by atoms with Crippen molar-refractivity contribution >= 4 is 39.0 Å². The van der Waals surface area contributed by atoms with Crippen molar-refractivity contribution in [1.82, 2.24) is 9.13 Å². The minimum atomic E-state index is 0.00695. The molecule has 9 rings (SSSR count). The molecule has 3 heteroatoms. The highest BCUT2D eigenvalue weighted by Gasteiger charge is 2.44. The summed E-state index contributed by atoms with van der Waals surface area (Å²) >= 11 is 0. The van der Waals surface area contributed by atoms with Gasteiger partial charge in [0.15, 0.2) is 0 Å². The Morgan fingerprint density at radius 1 is 0.630 bits per heavy atom. The fourth-order valence-corrected chi connectivity index (χ4v) is 7.85. The summed E-state index contributed by atoms with van der Waals surface area (Å²) in [5.41, 5.74) is 12.5. The molecule has 0 saturated carbocycles. The summed E-state index contributed by atoms with van der Waals surface area (Å²) in [6.07, 6.45) is 7.93. The molecule has 1 aliphatic carbocycles. The summed E-state index contributed by atoms with van der Waals surface area (Å²) in [5, 5.41) is 2.65. The second-order valence-electron chi connectivity index (χ2n) is 13.0. The smallest absolute Gasteiger partial charge is 0.126 e. The Morgan fingerprint density at radius 3 is 1.89 bits per heavy atom. The van der Waals surface area contributed by atoms with E-state index in [4.69, 9.17) is 0 Å². The van der Waals surface area contributed by atoms with E-state index in [2.05, 4.69) is 186 Å². The van der Waals surface area contributed by atoms with Gasteiger partial charge in [0.25, 0.3) is 0 Å². The van der Waals surface area contributed by atoms with Crippen LogP contribution in [0.4, 0.5) is 17.1 Å². The van der Waals surface area contributed by atoms with Crippen LogP contribution in [0.1, 0.15) is 32.0 Å². The summed E-state index contributed by atoms with van der Waals surface area (Å²) < 4.78 is 5.11. The van der Waals surface area contributed by atoms with Crippen LogP contribution in [0.5, 0.6) is 0 Å². The average molecular weight is 594 g/mol. The molecular weight excluding hydrogens is 558 g/mol. The number of nitrogens with zero attached hydrogens (tertiary/aromatic N) is 3. The van der Waals surface area contributed by atoms with Crippen LogP contribution < -0.4 is 4.90 Å². The molecule has 0 N–H and O–H groups in total. The van der Waals surface area contributed by atoms with Crippen LogP contribution in [0.25, 0.3) is 38.8 Å². The minimum Gasteiger partial charge on any atom is -0.322 e. The average Bonchev–Trinajstić information content (AvgIpc) is 3.72. The summed E-state index contributed by atoms with van der Waals surface area (Å²) in [5.74, 6) is 0. The van der Waals surface area contributed by atoms with E-state index < -0.39 is 0 Å². The molecule has 0 amide bonds. The van der Waals surface area contributed by atoms with Crippen molar-refractivity contribution in [3.05, 3.63) is 169 Å². The van der Waals surface area contributed by atoms with E-state index in [1.165, 1.54) is 50.0 Å². The maximum absolute atomic E-state index is 2.63. The Kier molecular flexibility index (Phi) is 5.98.